The lowest BCUT2D eigenvalue weighted by Crippen LogP contribution is -2.27. The van der Waals surface area contributed by atoms with E-state index < -0.39 is 0 Å². The van der Waals surface area contributed by atoms with Crippen molar-refractivity contribution in [2.75, 3.05) is 13.2 Å². The molecule has 1 unspecified atom stereocenters. The van der Waals surface area contributed by atoms with E-state index in [4.69, 9.17) is 4.74 Å². The topological polar surface area (TPSA) is 21.3 Å². The predicted molar refractivity (Wildman–Crippen MR) is 77.0 cm³/mol. The fraction of sp³-hybridized carbons (Fsp3) is 0.600. The van der Waals surface area contributed by atoms with Gasteiger partial charge in [-0.25, -0.2) is 0 Å². The minimum atomic E-state index is 0.463. The maximum atomic E-state index is 5.70. The van der Waals surface area contributed by atoms with Crippen LogP contribution in [0.5, 0.6) is 5.75 Å². The average molecular weight is 310 g/mol. The summed E-state index contributed by atoms with van der Waals surface area (Å²) in [4.78, 5) is 0. The minimum absolute atomic E-state index is 0.463. The van der Waals surface area contributed by atoms with Crippen molar-refractivity contribution in [2.45, 2.75) is 38.1 Å². The van der Waals surface area contributed by atoms with Gasteiger partial charge in [0.05, 0.1) is 6.61 Å². The highest BCUT2D eigenvalue weighted by Crippen LogP contribution is 2.35. The normalized spacial score (nSPS) is 22.4. The summed E-state index contributed by atoms with van der Waals surface area (Å²) >= 11 is 3.54. The lowest BCUT2D eigenvalue weighted by Gasteiger charge is -2.27. The van der Waals surface area contributed by atoms with Crippen LogP contribution in [0.1, 0.15) is 43.7 Å². The largest absolute Gasteiger partial charge is 0.493 e. The van der Waals surface area contributed by atoms with Crippen LogP contribution >= 0.6 is 15.9 Å². The first-order valence-electron chi connectivity index (χ1n) is 6.98. The molecule has 0 radical (unpaired) electrons. The number of ether oxygens (including phenoxy) is 1. The number of fused-ring (bicyclic) bond motifs is 1. The van der Waals surface area contributed by atoms with Gasteiger partial charge in [0.1, 0.15) is 5.75 Å². The summed E-state index contributed by atoms with van der Waals surface area (Å²) < 4.78 is 6.84. The number of benzene rings is 1. The third kappa shape index (κ3) is 3.07. The quantitative estimate of drug-likeness (QED) is 0.828. The van der Waals surface area contributed by atoms with Crippen LogP contribution in [0.15, 0.2) is 22.7 Å². The first-order valence-corrected chi connectivity index (χ1v) is 7.78. The second kappa shape index (κ2) is 5.62. The summed E-state index contributed by atoms with van der Waals surface area (Å²) in [5, 5.41) is 3.69. The van der Waals surface area contributed by atoms with Gasteiger partial charge in [-0.3, -0.25) is 0 Å². The molecule has 1 aliphatic carbocycles. The first-order chi connectivity index (χ1) is 8.83. The highest BCUT2D eigenvalue weighted by atomic mass is 79.9. The van der Waals surface area contributed by atoms with E-state index in [0.717, 1.165) is 35.7 Å². The van der Waals surface area contributed by atoms with Gasteiger partial charge >= 0.3 is 0 Å². The Morgan fingerprint density at radius 3 is 3.00 bits per heavy atom. The van der Waals surface area contributed by atoms with Gasteiger partial charge in [-0.05, 0) is 43.5 Å². The Kier molecular flexibility index (Phi) is 3.90. The molecule has 1 aromatic rings. The molecule has 2 nitrogen and oxygen atoms in total. The molecule has 1 aliphatic heterocycles. The summed E-state index contributed by atoms with van der Waals surface area (Å²) in [5.74, 6) is 2.09. The van der Waals surface area contributed by atoms with Crippen molar-refractivity contribution in [2.24, 2.45) is 5.92 Å². The molecule has 3 heteroatoms. The Hall–Kier alpha value is -0.540. The fourth-order valence-corrected chi connectivity index (χ4v) is 3.03. The molecule has 0 amide bonds. The Morgan fingerprint density at radius 2 is 2.17 bits per heavy atom. The summed E-state index contributed by atoms with van der Waals surface area (Å²) in [6.45, 7) is 1.96. The van der Waals surface area contributed by atoms with Gasteiger partial charge < -0.3 is 10.1 Å². The number of hydrogen-bond donors (Lipinski definition) is 1. The van der Waals surface area contributed by atoms with Gasteiger partial charge in [0.15, 0.2) is 0 Å². The van der Waals surface area contributed by atoms with Crippen molar-refractivity contribution < 1.29 is 4.74 Å². The van der Waals surface area contributed by atoms with Crippen molar-refractivity contribution in [1.82, 2.24) is 5.32 Å². The molecule has 1 saturated carbocycles. The molecule has 1 atom stereocenters. The van der Waals surface area contributed by atoms with E-state index in [1.807, 2.05) is 6.07 Å². The van der Waals surface area contributed by atoms with Crippen molar-refractivity contribution >= 4 is 15.9 Å². The van der Waals surface area contributed by atoms with Crippen molar-refractivity contribution in [3.63, 3.8) is 0 Å². The molecule has 98 valence electrons. The van der Waals surface area contributed by atoms with Gasteiger partial charge in [-0.15, -0.1) is 0 Å². The highest BCUT2D eigenvalue weighted by molar-refractivity contribution is 9.10. The lowest BCUT2D eigenvalue weighted by atomic mass is 10.0. The molecule has 1 N–H and O–H groups in total. The van der Waals surface area contributed by atoms with Crippen LogP contribution in [0.2, 0.25) is 0 Å². The summed E-state index contributed by atoms with van der Waals surface area (Å²) in [6, 6.07) is 6.77. The number of halogens is 1. The molecule has 0 saturated heterocycles. The molecule has 18 heavy (non-hydrogen) atoms. The maximum absolute atomic E-state index is 5.70. The average Bonchev–Trinajstić information content (AvgIpc) is 3.19. The predicted octanol–water partition coefficient (Wildman–Crippen LogP) is 4.05. The zero-order valence-corrected chi connectivity index (χ0v) is 12.2. The monoisotopic (exact) mass is 309 g/mol. The first kappa shape index (κ1) is 12.5. The molecule has 1 aromatic carbocycles. The van der Waals surface area contributed by atoms with E-state index in [1.165, 1.54) is 31.2 Å². The Bertz CT molecular complexity index is 417. The smallest absolute Gasteiger partial charge is 0.124 e. The Balaban J connectivity index is 1.57. The van der Waals surface area contributed by atoms with Gasteiger partial charge in [-0.1, -0.05) is 28.8 Å². The van der Waals surface area contributed by atoms with Crippen molar-refractivity contribution in [3.05, 3.63) is 28.2 Å². The number of hydrogen-bond acceptors (Lipinski definition) is 2. The third-order valence-electron chi connectivity index (χ3n) is 3.89. The maximum Gasteiger partial charge on any atom is 0.124 e. The van der Waals surface area contributed by atoms with Crippen LogP contribution in [0.25, 0.3) is 0 Å². The minimum Gasteiger partial charge on any atom is -0.493 e. The Labute approximate surface area is 117 Å². The molecule has 0 aromatic heterocycles. The molecular weight excluding hydrogens is 290 g/mol. The van der Waals surface area contributed by atoms with Crippen molar-refractivity contribution in [3.8, 4) is 5.75 Å². The van der Waals surface area contributed by atoms with E-state index in [1.54, 1.807) is 0 Å². The fourth-order valence-electron chi connectivity index (χ4n) is 2.65. The molecule has 0 spiro atoms. The summed E-state index contributed by atoms with van der Waals surface area (Å²) in [5.41, 5.74) is 1.31. The number of nitrogens with one attached hydrogen (secondary N) is 1. The second-order valence-corrected chi connectivity index (χ2v) is 6.33. The standard InChI is InChI=1S/C15H20BrNO/c16-12-5-6-15-13(10-12)14(7-9-18-15)17-8-1-2-11-3-4-11/h5-6,10-11,14,17H,1-4,7-9H2. The van der Waals surface area contributed by atoms with E-state index in [-0.39, 0.29) is 0 Å². The lowest BCUT2D eigenvalue weighted by molar-refractivity contribution is 0.252. The molecule has 3 rings (SSSR count). The van der Waals surface area contributed by atoms with E-state index in [0.29, 0.717) is 6.04 Å². The van der Waals surface area contributed by atoms with Gasteiger partial charge in [0.2, 0.25) is 0 Å². The zero-order chi connectivity index (χ0) is 12.4. The SMILES string of the molecule is Brc1ccc2c(c1)C(NCCCC1CC1)CCO2. The summed E-state index contributed by atoms with van der Waals surface area (Å²) in [7, 11) is 0. The van der Waals surface area contributed by atoms with Gasteiger partial charge in [-0.2, -0.15) is 0 Å². The zero-order valence-electron chi connectivity index (χ0n) is 10.6. The van der Waals surface area contributed by atoms with Gasteiger partial charge in [0, 0.05) is 22.5 Å². The van der Waals surface area contributed by atoms with E-state index in [2.05, 4.69) is 33.4 Å². The van der Waals surface area contributed by atoms with Crippen LogP contribution in [0.4, 0.5) is 0 Å². The molecule has 2 aliphatic rings. The number of rotatable bonds is 5. The van der Waals surface area contributed by atoms with Crippen LogP contribution in [0, 0.1) is 5.92 Å². The van der Waals surface area contributed by atoms with Crippen LogP contribution < -0.4 is 10.1 Å². The molecular formula is C15H20BrNO. The highest BCUT2D eigenvalue weighted by Gasteiger charge is 2.22. The summed E-state index contributed by atoms with van der Waals surface area (Å²) in [6.07, 6.45) is 6.72. The van der Waals surface area contributed by atoms with E-state index in [9.17, 15) is 0 Å². The Morgan fingerprint density at radius 1 is 1.28 bits per heavy atom. The van der Waals surface area contributed by atoms with E-state index >= 15 is 0 Å². The molecule has 0 bridgehead atoms. The molecule has 1 fully saturated rings. The van der Waals surface area contributed by atoms with Crippen LogP contribution in [-0.2, 0) is 0 Å². The molecule has 1 heterocycles. The van der Waals surface area contributed by atoms with Crippen LogP contribution in [0.3, 0.4) is 0 Å². The van der Waals surface area contributed by atoms with Gasteiger partial charge in [0.25, 0.3) is 0 Å². The third-order valence-corrected chi connectivity index (χ3v) is 4.38. The second-order valence-electron chi connectivity index (χ2n) is 5.41. The van der Waals surface area contributed by atoms with Crippen molar-refractivity contribution in [1.29, 1.82) is 0 Å². The van der Waals surface area contributed by atoms with Crippen LogP contribution in [-0.4, -0.2) is 13.2 Å².